The summed E-state index contributed by atoms with van der Waals surface area (Å²) < 4.78 is 146. The van der Waals surface area contributed by atoms with E-state index in [1.807, 2.05) is 0 Å². The van der Waals surface area contributed by atoms with E-state index in [9.17, 15) is 53.8 Å². The fourth-order valence-corrected chi connectivity index (χ4v) is 3.59. The predicted molar refractivity (Wildman–Crippen MR) is 113 cm³/mol. The first-order valence-electron chi connectivity index (χ1n) is 10.5. The van der Waals surface area contributed by atoms with Gasteiger partial charge in [0.05, 0.1) is 16.7 Å². The van der Waals surface area contributed by atoms with Crippen LogP contribution >= 0.6 is 0 Å². The van der Waals surface area contributed by atoms with Crippen molar-refractivity contribution in [3.63, 3.8) is 0 Å². The lowest BCUT2D eigenvalue weighted by molar-refractivity contribution is 0.0345. The van der Waals surface area contributed by atoms with Crippen molar-refractivity contribution in [3.8, 4) is 16.9 Å². The second kappa shape index (κ2) is 10.3. The molecule has 0 atom stereocenters. The number of carbonyl (C=O) groups is 1. The second-order valence-corrected chi connectivity index (χ2v) is 7.88. The normalized spacial score (nSPS) is 11.3. The molecule has 13 heteroatoms. The molecule has 0 saturated carbocycles. The molecule has 0 aromatic heterocycles. The Morgan fingerprint density at radius 1 is 0.513 bits per heavy atom. The van der Waals surface area contributed by atoms with Crippen LogP contribution in [0.5, 0.6) is 5.75 Å². The number of esters is 1. The van der Waals surface area contributed by atoms with Crippen LogP contribution in [0.3, 0.4) is 0 Å². The monoisotopic (exact) mass is 560 g/mol. The van der Waals surface area contributed by atoms with Gasteiger partial charge in [-0.05, 0) is 35.4 Å². The topological polar surface area (TPSA) is 46.5 Å². The molecule has 1 N–H and O–H groups in total. The van der Waals surface area contributed by atoms with Crippen LogP contribution < -0.4 is 0 Å². The number of halogens is 10. The molecule has 0 saturated heterocycles. The smallest absolute Gasteiger partial charge is 0.339 e. The van der Waals surface area contributed by atoms with Crippen molar-refractivity contribution in [3.05, 3.63) is 123 Å². The van der Waals surface area contributed by atoms with E-state index >= 15 is 0 Å². The molecular weight excluding hydrogens is 550 g/mol. The number of carbonyl (C=O) groups excluding carboxylic acids is 1. The maximum atomic E-state index is 14.6. The number of phenolic OH excluding ortho intramolecular Hbond substituents is 1. The van der Waals surface area contributed by atoms with Crippen LogP contribution in [0.4, 0.5) is 43.9 Å². The van der Waals surface area contributed by atoms with Crippen LogP contribution in [-0.2, 0) is 4.74 Å². The Balaban J connectivity index is 1.85. The molecule has 4 aromatic rings. The van der Waals surface area contributed by atoms with Gasteiger partial charge < -0.3 is 9.84 Å². The van der Waals surface area contributed by atoms with Gasteiger partial charge in [-0.2, -0.15) is 0 Å². The fraction of sp³-hybridized carbons (Fsp3) is 0.0385. The predicted octanol–water partition coefficient (Wildman–Crippen LogP) is 7.40. The summed E-state index contributed by atoms with van der Waals surface area (Å²) >= 11 is 0. The van der Waals surface area contributed by atoms with Gasteiger partial charge in [-0.25, -0.2) is 48.7 Å². The average molecular weight is 560 g/mol. The maximum absolute atomic E-state index is 14.6. The summed E-state index contributed by atoms with van der Waals surface area (Å²) in [6.07, 6.45) is -3.32. The Kier molecular flexibility index (Phi) is 7.27. The molecule has 0 bridgehead atoms. The van der Waals surface area contributed by atoms with E-state index in [2.05, 4.69) is 4.74 Å². The standard InChI is InChI=1S/C26H10F10O3/c27-15-13(16(28)20(32)23(35)19(15)31)25(14-17(29)21(33)24(36)22(34)18(14)30)39-26(38)11-3-1-9(2-4-11)10-5-7-12(37)8-6-10/h1-8,25,37H. The second-order valence-electron chi connectivity index (χ2n) is 7.88. The number of phenols is 1. The number of aromatic hydroxyl groups is 1. The Morgan fingerprint density at radius 2 is 0.821 bits per heavy atom. The van der Waals surface area contributed by atoms with Crippen molar-refractivity contribution in [1.82, 2.24) is 0 Å². The molecule has 0 aliphatic rings. The van der Waals surface area contributed by atoms with Gasteiger partial charge in [0, 0.05) is 0 Å². The van der Waals surface area contributed by atoms with Crippen molar-refractivity contribution in [2.45, 2.75) is 6.10 Å². The largest absolute Gasteiger partial charge is 0.508 e. The van der Waals surface area contributed by atoms with E-state index in [0.29, 0.717) is 11.1 Å². The lowest BCUT2D eigenvalue weighted by Gasteiger charge is -2.22. The van der Waals surface area contributed by atoms with Crippen molar-refractivity contribution in [2.24, 2.45) is 0 Å². The summed E-state index contributed by atoms with van der Waals surface area (Å²) in [7, 11) is 0. The van der Waals surface area contributed by atoms with Crippen molar-refractivity contribution < 1.29 is 58.5 Å². The molecule has 4 aromatic carbocycles. The molecule has 0 aliphatic heterocycles. The Bertz CT molecular complexity index is 1480. The summed E-state index contributed by atoms with van der Waals surface area (Å²) in [6.45, 7) is 0. The third kappa shape index (κ3) is 4.75. The third-order valence-electron chi connectivity index (χ3n) is 5.56. The molecular formula is C26H10F10O3. The van der Waals surface area contributed by atoms with Crippen LogP contribution in [0.1, 0.15) is 27.6 Å². The molecule has 0 fully saturated rings. The molecule has 3 nitrogen and oxygen atoms in total. The average Bonchev–Trinajstić information content (AvgIpc) is 2.93. The first-order valence-corrected chi connectivity index (χ1v) is 10.5. The molecule has 0 aliphatic carbocycles. The summed E-state index contributed by atoms with van der Waals surface area (Å²) in [6, 6.07) is 10.3. The highest BCUT2D eigenvalue weighted by Gasteiger charge is 2.39. The summed E-state index contributed by atoms with van der Waals surface area (Å²) in [5.74, 6) is -28.6. The molecule has 0 unspecified atom stereocenters. The van der Waals surface area contributed by atoms with E-state index in [-0.39, 0.29) is 5.75 Å². The van der Waals surface area contributed by atoms with Gasteiger partial charge in [0.2, 0.25) is 11.6 Å². The van der Waals surface area contributed by atoms with Gasteiger partial charge in [0.1, 0.15) is 5.75 Å². The molecule has 4 rings (SSSR count). The highest BCUT2D eigenvalue weighted by Crippen LogP contribution is 2.39. The zero-order valence-corrected chi connectivity index (χ0v) is 18.7. The maximum Gasteiger partial charge on any atom is 0.339 e. The molecule has 0 spiro atoms. The molecule has 0 radical (unpaired) electrons. The SMILES string of the molecule is O=C(OC(c1c(F)c(F)c(F)c(F)c1F)c1c(F)c(F)c(F)c(F)c1F)c1ccc(-c2ccc(O)cc2)cc1. The van der Waals surface area contributed by atoms with Crippen LogP contribution in [0, 0.1) is 58.2 Å². The minimum atomic E-state index is -3.32. The van der Waals surface area contributed by atoms with E-state index in [4.69, 9.17) is 0 Å². The van der Waals surface area contributed by atoms with Gasteiger partial charge in [-0.3, -0.25) is 0 Å². The quantitative estimate of drug-likeness (QED) is 0.120. The van der Waals surface area contributed by atoms with Crippen LogP contribution in [-0.4, -0.2) is 11.1 Å². The third-order valence-corrected chi connectivity index (χ3v) is 5.56. The Hall–Kier alpha value is -4.55. The first-order chi connectivity index (χ1) is 18.3. The van der Waals surface area contributed by atoms with Gasteiger partial charge in [-0.1, -0.05) is 24.3 Å². The molecule has 0 amide bonds. The zero-order chi connectivity index (χ0) is 28.8. The van der Waals surface area contributed by atoms with E-state index in [1.54, 1.807) is 0 Å². The summed E-state index contributed by atoms with van der Waals surface area (Å²) in [5.41, 5.74) is -3.88. The van der Waals surface area contributed by atoms with Crippen LogP contribution in [0.25, 0.3) is 11.1 Å². The van der Waals surface area contributed by atoms with E-state index < -0.39 is 86.9 Å². The Morgan fingerprint density at radius 3 is 1.18 bits per heavy atom. The highest BCUT2D eigenvalue weighted by atomic mass is 19.2. The van der Waals surface area contributed by atoms with Gasteiger partial charge >= 0.3 is 5.97 Å². The summed E-state index contributed by atoms with van der Waals surface area (Å²) in [4.78, 5) is 12.7. The first kappa shape index (κ1) is 27.5. The van der Waals surface area contributed by atoms with Gasteiger partial charge in [-0.15, -0.1) is 0 Å². The van der Waals surface area contributed by atoms with E-state index in [0.717, 1.165) is 12.1 Å². The van der Waals surface area contributed by atoms with Crippen LogP contribution in [0.2, 0.25) is 0 Å². The van der Waals surface area contributed by atoms with E-state index in [1.165, 1.54) is 36.4 Å². The van der Waals surface area contributed by atoms with Crippen LogP contribution in [0.15, 0.2) is 48.5 Å². The van der Waals surface area contributed by atoms with Gasteiger partial charge in [0.25, 0.3) is 0 Å². The number of hydrogen-bond donors (Lipinski definition) is 1. The highest BCUT2D eigenvalue weighted by molar-refractivity contribution is 5.90. The number of hydrogen-bond acceptors (Lipinski definition) is 3. The fourth-order valence-electron chi connectivity index (χ4n) is 3.59. The lowest BCUT2D eigenvalue weighted by atomic mass is 9.97. The van der Waals surface area contributed by atoms with Crippen molar-refractivity contribution in [2.75, 3.05) is 0 Å². The summed E-state index contributed by atoms with van der Waals surface area (Å²) in [5, 5.41) is 9.37. The minimum absolute atomic E-state index is 0.0498. The number of benzene rings is 4. The molecule has 202 valence electrons. The number of rotatable bonds is 5. The Labute approximate surface area is 211 Å². The number of ether oxygens (including phenoxy) is 1. The minimum Gasteiger partial charge on any atom is -0.508 e. The molecule has 39 heavy (non-hydrogen) atoms. The van der Waals surface area contributed by atoms with Crippen molar-refractivity contribution in [1.29, 1.82) is 0 Å². The zero-order valence-electron chi connectivity index (χ0n) is 18.7. The lowest BCUT2D eigenvalue weighted by Crippen LogP contribution is -2.22. The van der Waals surface area contributed by atoms with Gasteiger partial charge in [0.15, 0.2) is 52.6 Å². The van der Waals surface area contributed by atoms with Crippen molar-refractivity contribution >= 4 is 5.97 Å². The molecule has 0 heterocycles.